The smallest absolute Gasteiger partial charge is 0.202 e. The van der Waals surface area contributed by atoms with E-state index in [1.165, 1.54) is 29.2 Å². The lowest BCUT2D eigenvalue weighted by molar-refractivity contribution is 0.103. The monoisotopic (exact) mass is 282 g/mol. The number of carbonyl (C=O) groups is 1. The van der Waals surface area contributed by atoms with Gasteiger partial charge in [-0.05, 0) is 24.3 Å². The number of phenolic OH excluding ortho intramolecular Hbond substituents is 1. The van der Waals surface area contributed by atoms with E-state index in [-0.39, 0.29) is 16.9 Å². The third-order valence-electron chi connectivity index (χ3n) is 3.08. The van der Waals surface area contributed by atoms with Crippen molar-refractivity contribution in [2.45, 2.75) is 0 Å². The molecule has 1 aromatic heterocycles. The van der Waals surface area contributed by atoms with E-state index in [4.69, 9.17) is 0 Å². The summed E-state index contributed by atoms with van der Waals surface area (Å²) in [6, 6.07) is 13.0. The zero-order valence-electron chi connectivity index (χ0n) is 10.9. The number of para-hydroxylation sites is 1. The quantitative estimate of drug-likeness (QED) is 0.751. The second-order valence-corrected chi connectivity index (χ2v) is 4.47. The Hall–Kier alpha value is -2.95. The number of ketones is 1. The molecule has 0 bridgehead atoms. The van der Waals surface area contributed by atoms with Gasteiger partial charge in [-0.3, -0.25) is 4.79 Å². The molecule has 3 rings (SSSR count). The van der Waals surface area contributed by atoms with Gasteiger partial charge in [0.05, 0.1) is 17.4 Å². The normalized spacial score (nSPS) is 10.5. The van der Waals surface area contributed by atoms with Crippen LogP contribution in [0.5, 0.6) is 5.75 Å². The molecule has 0 unspecified atom stereocenters. The molecule has 5 heteroatoms. The van der Waals surface area contributed by atoms with Crippen LogP contribution in [0.1, 0.15) is 15.9 Å². The number of benzene rings is 2. The molecule has 0 saturated carbocycles. The SMILES string of the molecule is O=C(c1cnn(-c2ccccc2)c1)c1c(O)cccc1F. The van der Waals surface area contributed by atoms with Gasteiger partial charge >= 0.3 is 0 Å². The minimum Gasteiger partial charge on any atom is -0.507 e. The summed E-state index contributed by atoms with van der Waals surface area (Å²) < 4.78 is 15.2. The van der Waals surface area contributed by atoms with Gasteiger partial charge in [0.15, 0.2) is 0 Å². The Morgan fingerprint density at radius 3 is 2.57 bits per heavy atom. The van der Waals surface area contributed by atoms with Crippen molar-refractivity contribution in [2.75, 3.05) is 0 Å². The van der Waals surface area contributed by atoms with Crippen LogP contribution in [0.2, 0.25) is 0 Å². The van der Waals surface area contributed by atoms with Crippen LogP contribution in [0.15, 0.2) is 60.9 Å². The lowest BCUT2D eigenvalue weighted by Gasteiger charge is -2.03. The fraction of sp³-hybridized carbons (Fsp3) is 0. The number of nitrogens with zero attached hydrogens (tertiary/aromatic N) is 2. The van der Waals surface area contributed by atoms with Gasteiger partial charge in [0.2, 0.25) is 5.78 Å². The number of hydrogen-bond acceptors (Lipinski definition) is 3. The van der Waals surface area contributed by atoms with Crippen LogP contribution < -0.4 is 0 Å². The van der Waals surface area contributed by atoms with Crippen molar-refractivity contribution in [2.24, 2.45) is 0 Å². The summed E-state index contributed by atoms with van der Waals surface area (Å²) >= 11 is 0. The first kappa shape index (κ1) is 13.1. The molecule has 0 amide bonds. The molecule has 0 radical (unpaired) electrons. The molecule has 1 N–H and O–H groups in total. The number of rotatable bonds is 3. The first-order valence-electron chi connectivity index (χ1n) is 6.29. The second-order valence-electron chi connectivity index (χ2n) is 4.47. The first-order valence-corrected chi connectivity index (χ1v) is 6.29. The minimum atomic E-state index is -0.757. The fourth-order valence-corrected chi connectivity index (χ4v) is 2.04. The average molecular weight is 282 g/mol. The average Bonchev–Trinajstić information content (AvgIpc) is 2.97. The molecule has 0 spiro atoms. The predicted octanol–water partition coefficient (Wildman–Crippen LogP) is 2.95. The molecule has 3 aromatic rings. The number of aromatic hydroxyl groups is 1. The van der Waals surface area contributed by atoms with Crippen LogP contribution in [0, 0.1) is 5.82 Å². The Morgan fingerprint density at radius 1 is 1.10 bits per heavy atom. The van der Waals surface area contributed by atoms with Crippen molar-refractivity contribution in [3.05, 3.63) is 77.9 Å². The Bertz CT molecular complexity index is 777. The largest absolute Gasteiger partial charge is 0.507 e. The summed E-state index contributed by atoms with van der Waals surface area (Å²) in [6.45, 7) is 0. The highest BCUT2D eigenvalue weighted by Crippen LogP contribution is 2.23. The van der Waals surface area contributed by atoms with Crippen molar-refractivity contribution >= 4 is 5.78 Å². The zero-order chi connectivity index (χ0) is 14.8. The van der Waals surface area contributed by atoms with Crippen molar-refractivity contribution in [1.82, 2.24) is 9.78 Å². The van der Waals surface area contributed by atoms with Crippen LogP contribution in [0.3, 0.4) is 0 Å². The summed E-state index contributed by atoms with van der Waals surface area (Å²) in [5.74, 6) is -1.74. The van der Waals surface area contributed by atoms with Crippen molar-refractivity contribution < 1.29 is 14.3 Å². The van der Waals surface area contributed by atoms with Gasteiger partial charge in [0.1, 0.15) is 17.1 Å². The van der Waals surface area contributed by atoms with Crippen molar-refractivity contribution in [3.8, 4) is 11.4 Å². The first-order chi connectivity index (χ1) is 10.2. The Kier molecular flexibility index (Phi) is 3.23. The topological polar surface area (TPSA) is 55.1 Å². The van der Waals surface area contributed by atoms with Crippen LogP contribution in [-0.2, 0) is 0 Å². The van der Waals surface area contributed by atoms with Crippen LogP contribution in [0.4, 0.5) is 4.39 Å². The summed E-state index contributed by atoms with van der Waals surface area (Å²) in [4.78, 5) is 12.3. The maximum Gasteiger partial charge on any atom is 0.202 e. The van der Waals surface area contributed by atoms with E-state index in [1.807, 2.05) is 30.3 Å². The lowest BCUT2D eigenvalue weighted by Crippen LogP contribution is -2.03. The maximum absolute atomic E-state index is 13.7. The van der Waals surface area contributed by atoms with Gasteiger partial charge in [0, 0.05) is 6.20 Å². The van der Waals surface area contributed by atoms with Gasteiger partial charge in [-0.2, -0.15) is 5.10 Å². The highest BCUT2D eigenvalue weighted by atomic mass is 19.1. The number of aromatic nitrogens is 2. The van der Waals surface area contributed by atoms with Crippen LogP contribution >= 0.6 is 0 Å². The Morgan fingerprint density at radius 2 is 1.86 bits per heavy atom. The van der Waals surface area contributed by atoms with Crippen molar-refractivity contribution in [3.63, 3.8) is 0 Å². The van der Waals surface area contributed by atoms with E-state index < -0.39 is 11.6 Å². The lowest BCUT2D eigenvalue weighted by atomic mass is 10.0. The third kappa shape index (κ3) is 2.41. The van der Waals surface area contributed by atoms with E-state index >= 15 is 0 Å². The standard InChI is InChI=1S/C16H11FN2O2/c17-13-7-4-8-14(20)15(13)16(21)11-9-18-19(10-11)12-5-2-1-3-6-12/h1-10,20H. The predicted molar refractivity (Wildman–Crippen MR) is 75.1 cm³/mol. The summed E-state index contributed by atoms with van der Waals surface area (Å²) in [5, 5.41) is 13.7. The molecular weight excluding hydrogens is 271 g/mol. The maximum atomic E-state index is 13.7. The second kappa shape index (κ2) is 5.20. The molecule has 0 aliphatic rings. The van der Waals surface area contributed by atoms with E-state index in [1.54, 1.807) is 0 Å². The van der Waals surface area contributed by atoms with Crippen molar-refractivity contribution in [1.29, 1.82) is 0 Å². The van der Waals surface area contributed by atoms with E-state index in [0.717, 1.165) is 11.8 Å². The highest BCUT2D eigenvalue weighted by Gasteiger charge is 2.19. The van der Waals surface area contributed by atoms with Gasteiger partial charge in [-0.25, -0.2) is 9.07 Å². The molecule has 0 aliphatic heterocycles. The van der Waals surface area contributed by atoms with Gasteiger partial charge in [-0.15, -0.1) is 0 Å². The molecule has 21 heavy (non-hydrogen) atoms. The molecule has 0 aliphatic carbocycles. The third-order valence-corrected chi connectivity index (χ3v) is 3.08. The molecular formula is C16H11FN2O2. The molecule has 0 saturated heterocycles. The summed E-state index contributed by atoms with van der Waals surface area (Å²) in [5.41, 5.74) is 0.652. The molecule has 4 nitrogen and oxygen atoms in total. The van der Waals surface area contributed by atoms with E-state index in [2.05, 4.69) is 5.10 Å². The fourth-order valence-electron chi connectivity index (χ4n) is 2.04. The molecule has 1 heterocycles. The number of carbonyl (C=O) groups excluding carboxylic acids is 1. The molecule has 104 valence electrons. The Balaban J connectivity index is 1.99. The van der Waals surface area contributed by atoms with E-state index in [0.29, 0.717) is 0 Å². The molecule has 0 atom stereocenters. The number of hydrogen-bond donors (Lipinski definition) is 1. The highest BCUT2D eigenvalue weighted by molar-refractivity contribution is 6.10. The van der Waals surface area contributed by atoms with E-state index in [9.17, 15) is 14.3 Å². The minimum absolute atomic E-state index is 0.208. The zero-order valence-corrected chi connectivity index (χ0v) is 10.9. The van der Waals surface area contributed by atoms with Gasteiger partial charge in [-0.1, -0.05) is 24.3 Å². The number of phenols is 1. The Labute approximate surface area is 120 Å². The van der Waals surface area contributed by atoms with Gasteiger partial charge < -0.3 is 5.11 Å². The summed E-state index contributed by atoms with van der Waals surface area (Å²) in [6.07, 6.45) is 2.85. The van der Waals surface area contributed by atoms with Crippen LogP contribution in [-0.4, -0.2) is 20.7 Å². The number of halogens is 1. The van der Waals surface area contributed by atoms with Gasteiger partial charge in [0.25, 0.3) is 0 Å². The molecule has 2 aromatic carbocycles. The van der Waals surface area contributed by atoms with Crippen LogP contribution in [0.25, 0.3) is 5.69 Å². The summed E-state index contributed by atoms with van der Waals surface area (Å²) in [7, 11) is 0. The molecule has 0 fully saturated rings.